The molecule has 132 valence electrons. The molecule has 0 unspecified atom stereocenters. The number of thiophene rings is 1. The lowest BCUT2D eigenvalue weighted by molar-refractivity contribution is 0.0979. The minimum atomic E-state index is -0.566. The molecule has 1 aliphatic heterocycles. The highest BCUT2D eigenvalue weighted by Crippen LogP contribution is 2.32. The Labute approximate surface area is 153 Å². The molecule has 1 N–H and O–H groups in total. The van der Waals surface area contributed by atoms with E-state index in [0.29, 0.717) is 0 Å². The second-order valence-electron chi connectivity index (χ2n) is 6.34. The summed E-state index contributed by atoms with van der Waals surface area (Å²) >= 11 is 1.46. The molecule has 1 aliphatic rings. The van der Waals surface area contributed by atoms with Gasteiger partial charge in [0.25, 0.3) is 11.5 Å². The fourth-order valence-corrected chi connectivity index (χ4v) is 4.06. The fraction of sp³-hybridized carbons (Fsp3) is 0.211. The molecule has 0 saturated heterocycles. The van der Waals surface area contributed by atoms with Gasteiger partial charge in [-0.1, -0.05) is 24.3 Å². The Bertz CT molecular complexity index is 1080. The maximum atomic E-state index is 13.1. The van der Waals surface area contributed by atoms with E-state index in [1.54, 1.807) is 4.90 Å². The summed E-state index contributed by atoms with van der Waals surface area (Å²) in [5, 5.41) is 1.88. The van der Waals surface area contributed by atoms with Crippen LogP contribution in [0.1, 0.15) is 27.7 Å². The smallest absolute Gasteiger partial charge is 0.313 e. The number of aromatic nitrogens is 2. The molecule has 3 aromatic rings. The zero-order valence-corrected chi connectivity index (χ0v) is 15.0. The van der Waals surface area contributed by atoms with E-state index in [0.717, 1.165) is 27.1 Å². The van der Waals surface area contributed by atoms with Gasteiger partial charge in [-0.25, -0.2) is 4.79 Å². The number of hydrogen-bond acceptors (Lipinski definition) is 4. The number of carbonyl (C=O) groups is 1. The summed E-state index contributed by atoms with van der Waals surface area (Å²) in [6, 6.07) is 11.3. The van der Waals surface area contributed by atoms with Crippen molar-refractivity contribution in [3.8, 4) is 0 Å². The molecule has 0 radical (unpaired) electrons. The maximum absolute atomic E-state index is 13.1. The standard InChI is InChI=1S/C19H17N3O3S/c1-12-9-13-5-2-3-7-16(13)22(12)18(24)15-10-20-19(25)21(17(15)23)11-14-6-4-8-26-14/h2-8,10,12H,9,11H2,1H3,(H,20,25)/t12-/m0/s1. The van der Waals surface area contributed by atoms with Crippen molar-refractivity contribution in [1.82, 2.24) is 9.55 Å². The van der Waals surface area contributed by atoms with E-state index in [1.807, 2.05) is 48.7 Å². The number of benzene rings is 1. The largest absolute Gasteiger partial charge is 0.328 e. The zero-order valence-electron chi connectivity index (χ0n) is 14.1. The first-order valence-electron chi connectivity index (χ1n) is 8.32. The molecule has 0 saturated carbocycles. The quantitative estimate of drug-likeness (QED) is 0.771. The Balaban J connectivity index is 1.76. The molecule has 1 amide bonds. The number of carbonyl (C=O) groups excluding carboxylic acids is 1. The van der Waals surface area contributed by atoms with Crippen LogP contribution in [0.4, 0.5) is 5.69 Å². The minimum absolute atomic E-state index is 0.0234. The fourth-order valence-electron chi connectivity index (χ4n) is 3.37. The molecule has 6 nitrogen and oxygen atoms in total. The zero-order chi connectivity index (χ0) is 18.3. The first-order chi connectivity index (χ1) is 12.6. The van der Waals surface area contributed by atoms with Gasteiger partial charge in [-0.15, -0.1) is 11.3 Å². The number of hydrogen-bond donors (Lipinski definition) is 1. The summed E-state index contributed by atoms with van der Waals surface area (Å²) in [4.78, 5) is 43.1. The number of para-hydroxylation sites is 1. The number of nitrogens with one attached hydrogen (secondary N) is 1. The van der Waals surface area contributed by atoms with E-state index < -0.39 is 11.2 Å². The van der Waals surface area contributed by atoms with Crippen LogP contribution in [0.3, 0.4) is 0 Å². The number of aromatic amines is 1. The SMILES string of the molecule is C[C@H]1Cc2ccccc2N1C(=O)c1c[nH]c(=O)n(Cc2cccs2)c1=O. The summed E-state index contributed by atoms with van der Waals surface area (Å²) in [7, 11) is 0. The van der Waals surface area contributed by atoms with Crippen LogP contribution in [0.15, 0.2) is 57.6 Å². The first-order valence-corrected chi connectivity index (χ1v) is 9.20. The van der Waals surface area contributed by atoms with Gasteiger partial charge in [0.05, 0.1) is 6.54 Å². The van der Waals surface area contributed by atoms with Crippen LogP contribution < -0.4 is 16.1 Å². The highest BCUT2D eigenvalue weighted by Gasteiger charge is 2.32. The van der Waals surface area contributed by atoms with Gasteiger partial charge in [0, 0.05) is 22.8 Å². The Morgan fingerprint density at radius 3 is 2.81 bits per heavy atom. The van der Waals surface area contributed by atoms with Crippen molar-refractivity contribution in [1.29, 1.82) is 0 Å². The highest BCUT2D eigenvalue weighted by molar-refractivity contribution is 7.09. The summed E-state index contributed by atoms with van der Waals surface area (Å²) in [5.41, 5.74) is 0.792. The normalized spacial score (nSPS) is 15.9. The predicted molar refractivity (Wildman–Crippen MR) is 101 cm³/mol. The molecular formula is C19H17N3O3S. The lowest BCUT2D eigenvalue weighted by Crippen LogP contribution is -2.43. The summed E-state index contributed by atoms with van der Waals surface area (Å²) in [6.07, 6.45) is 1.97. The molecule has 0 fully saturated rings. The van der Waals surface area contributed by atoms with Crippen LogP contribution >= 0.6 is 11.3 Å². The second kappa shape index (κ2) is 6.42. The van der Waals surface area contributed by atoms with E-state index >= 15 is 0 Å². The van der Waals surface area contributed by atoms with Crippen LogP contribution in [-0.4, -0.2) is 21.5 Å². The average Bonchev–Trinajstić information content (AvgIpc) is 3.24. The highest BCUT2D eigenvalue weighted by atomic mass is 32.1. The van der Waals surface area contributed by atoms with Gasteiger partial charge in [0.15, 0.2) is 0 Å². The van der Waals surface area contributed by atoms with Crippen molar-refractivity contribution in [2.24, 2.45) is 0 Å². The summed E-state index contributed by atoms with van der Waals surface area (Å²) < 4.78 is 1.08. The number of rotatable bonds is 3. The molecule has 0 spiro atoms. The minimum Gasteiger partial charge on any atom is -0.313 e. The molecule has 7 heteroatoms. The summed E-state index contributed by atoms with van der Waals surface area (Å²) in [6.45, 7) is 2.10. The van der Waals surface area contributed by atoms with E-state index in [4.69, 9.17) is 0 Å². The number of fused-ring (bicyclic) bond motifs is 1. The number of amides is 1. The molecule has 26 heavy (non-hydrogen) atoms. The Hall–Kier alpha value is -2.93. The van der Waals surface area contributed by atoms with Crippen LogP contribution in [0.25, 0.3) is 0 Å². The molecule has 4 rings (SSSR count). The van der Waals surface area contributed by atoms with Crippen LogP contribution in [0, 0.1) is 0 Å². The second-order valence-corrected chi connectivity index (χ2v) is 7.37. The van der Waals surface area contributed by atoms with Crippen LogP contribution in [-0.2, 0) is 13.0 Å². The van der Waals surface area contributed by atoms with Gasteiger partial charge in [0.2, 0.25) is 0 Å². The number of H-pyrrole nitrogens is 1. The Kier molecular flexibility index (Phi) is 4.08. The van der Waals surface area contributed by atoms with Gasteiger partial charge in [-0.05, 0) is 36.4 Å². The topological polar surface area (TPSA) is 75.2 Å². The Morgan fingerprint density at radius 2 is 2.04 bits per heavy atom. The third-order valence-corrected chi connectivity index (χ3v) is 5.47. The molecule has 2 aromatic heterocycles. The van der Waals surface area contributed by atoms with E-state index in [-0.39, 0.29) is 24.1 Å². The third-order valence-electron chi connectivity index (χ3n) is 4.61. The van der Waals surface area contributed by atoms with Gasteiger partial charge >= 0.3 is 5.69 Å². The average molecular weight is 367 g/mol. The lowest BCUT2D eigenvalue weighted by Gasteiger charge is -2.22. The van der Waals surface area contributed by atoms with E-state index in [2.05, 4.69) is 4.98 Å². The van der Waals surface area contributed by atoms with Crippen molar-refractivity contribution < 1.29 is 4.79 Å². The van der Waals surface area contributed by atoms with Crippen LogP contribution in [0.5, 0.6) is 0 Å². The first kappa shape index (κ1) is 16.5. The molecule has 3 heterocycles. The van der Waals surface area contributed by atoms with Crippen molar-refractivity contribution in [2.45, 2.75) is 25.9 Å². The molecular weight excluding hydrogens is 350 g/mol. The van der Waals surface area contributed by atoms with Crippen molar-refractivity contribution >= 4 is 22.9 Å². The van der Waals surface area contributed by atoms with Gasteiger partial charge < -0.3 is 9.88 Å². The van der Waals surface area contributed by atoms with Crippen molar-refractivity contribution in [3.63, 3.8) is 0 Å². The molecule has 1 aromatic carbocycles. The monoisotopic (exact) mass is 367 g/mol. The molecule has 1 atom stereocenters. The van der Waals surface area contributed by atoms with Crippen molar-refractivity contribution in [2.75, 3.05) is 4.90 Å². The molecule has 0 bridgehead atoms. The predicted octanol–water partition coefficient (Wildman–Crippen LogP) is 2.24. The third kappa shape index (κ3) is 2.70. The number of anilines is 1. The van der Waals surface area contributed by atoms with Crippen LogP contribution in [0.2, 0.25) is 0 Å². The van der Waals surface area contributed by atoms with Gasteiger partial charge in [-0.3, -0.25) is 14.2 Å². The van der Waals surface area contributed by atoms with Crippen molar-refractivity contribution in [3.05, 3.63) is 84.8 Å². The van der Waals surface area contributed by atoms with Gasteiger partial charge in [0.1, 0.15) is 5.56 Å². The molecule has 0 aliphatic carbocycles. The Morgan fingerprint density at radius 1 is 1.23 bits per heavy atom. The van der Waals surface area contributed by atoms with E-state index in [9.17, 15) is 14.4 Å². The van der Waals surface area contributed by atoms with Gasteiger partial charge in [-0.2, -0.15) is 0 Å². The summed E-state index contributed by atoms with van der Waals surface area (Å²) in [5.74, 6) is -0.386. The van der Waals surface area contributed by atoms with E-state index in [1.165, 1.54) is 17.5 Å². The lowest BCUT2D eigenvalue weighted by atomic mass is 10.1. The number of nitrogens with zero attached hydrogens (tertiary/aromatic N) is 2. The maximum Gasteiger partial charge on any atom is 0.328 e.